The summed E-state index contributed by atoms with van der Waals surface area (Å²) in [6.45, 7) is 2.24. The summed E-state index contributed by atoms with van der Waals surface area (Å²) in [5.41, 5.74) is 2.57. The van der Waals surface area contributed by atoms with Crippen LogP contribution in [0.4, 0.5) is 0 Å². The van der Waals surface area contributed by atoms with Gasteiger partial charge >= 0.3 is 5.97 Å². The van der Waals surface area contributed by atoms with Gasteiger partial charge in [-0.25, -0.2) is 4.79 Å². The van der Waals surface area contributed by atoms with Crippen LogP contribution in [0.15, 0.2) is 53.0 Å². The van der Waals surface area contributed by atoms with Crippen LogP contribution in [0.25, 0.3) is 0 Å². The normalized spacial score (nSPS) is 10.1. The Balaban J connectivity index is 2.06. The molecule has 0 aliphatic heterocycles. The Bertz CT molecular complexity index is 550. The van der Waals surface area contributed by atoms with Crippen molar-refractivity contribution < 1.29 is 9.53 Å². The SMILES string of the molecule is Cc1ccc(Br)c(C(=O)OCc2ccccc2)c1. The molecule has 0 aliphatic carbocycles. The zero-order chi connectivity index (χ0) is 13.0. The summed E-state index contributed by atoms with van der Waals surface area (Å²) in [5, 5.41) is 0. The summed E-state index contributed by atoms with van der Waals surface area (Å²) in [7, 11) is 0. The maximum Gasteiger partial charge on any atom is 0.339 e. The molecule has 0 N–H and O–H groups in total. The van der Waals surface area contributed by atoms with Gasteiger partial charge in [0.2, 0.25) is 0 Å². The first kappa shape index (κ1) is 12.8. The van der Waals surface area contributed by atoms with Gasteiger partial charge in [0.1, 0.15) is 6.61 Å². The average Bonchev–Trinajstić information content (AvgIpc) is 2.40. The van der Waals surface area contributed by atoms with Gasteiger partial charge in [-0.3, -0.25) is 0 Å². The van der Waals surface area contributed by atoms with Gasteiger partial charge in [-0.05, 0) is 40.5 Å². The molecule has 0 aliphatic rings. The summed E-state index contributed by atoms with van der Waals surface area (Å²) in [5.74, 6) is -0.311. The van der Waals surface area contributed by atoms with E-state index in [1.54, 1.807) is 0 Å². The number of esters is 1. The van der Waals surface area contributed by atoms with Gasteiger partial charge in [0.05, 0.1) is 5.56 Å². The van der Waals surface area contributed by atoms with E-state index in [-0.39, 0.29) is 5.97 Å². The van der Waals surface area contributed by atoms with E-state index in [1.165, 1.54) is 0 Å². The summed E-state index contributed by atoms with van der Waals surface area (Å²) in [6.07, 6.45) is 0. The summed E-state index contributed by atoms with van der Waals surface area (Å²) >= 11 is 3.36. The van der Waals surface area contributed by atoms with E-state index in [2.05, 4.69) is 15.9 Å². The predicted octanol–water partition coefficient (Wildman–Crippen LogP) is 4.11. The molecular formula is C15H13BrO2. The second kappa shape index (κ2) is 5.83. The van der Waals surface area contributed by atoms with Crippen molar-refractivity contribution in [1.82, 2.24) is 0 Å². The molecule has 0 aromatic heterocycles. The van der Waals surface area contributed by atoms with Crippen LogP contribution in [0.5, 0.6) is 0 Å². The Morgan fingerprint density at radius 2 is 1.89 bits per heavy atom. The lowest BCUT2D eigenvalue weighted by atomic mass is 10.1. The van der Waals surface area contributed by atoms with Crippen molar-refractivity contribution in [2.24, 2.45) is 0 Å². The minimum atomic E-state index is -0.311. The van der Waals surface area contributed by atoms with Crippen molar-refractivity contribution in [1.29, 1.82) is 0 Å². The molecule has 0 saturated heterocycles. The fourth-order valence-corrected chi connectivity index (χ4v) is 2.00. The molecule has 0 radical (unpaired) electrons. The van der Waals surface area contributed by atoms with Gasteiger partial charge in [0.15, 0.2) is 0 Å². The van der Waals surface area contributed by atoms with Crippen LogP contribution in [-0.4, -0.2) is 5.97 Å². The molecule has 0 unspecified atom stereocenters. The molecule has 18 heavy (non-hydrogen) atoms. The molecule has 2 aromatic carbocycles. The van der Waals surface area contributed by atoms with E-state index in [4.69, 9.17) is 4.74 Å². The van der Waals surface area contributed by atoms with Crippen LogP contribution < -0.4 is 0 Å². The lowest BCUT2D eigenvalue weighted by molar-refractivity contribution is 0.0471. The molecule has 2 nitrogen and oxygen atoms in total. The lowest BCUT2D eigenvalue weighted by Gasteiger charge is -2.07. The Hall–Kier alpha value is -1.61. The molecule has 2 aromatic rings. The highest BCUT2D eigenvalue weighted by molar-refractivity contribution is 9.10. The molecule has 0 heterocycles. The maximum absolute atomic E-state index is 11.9. The first-order valence-corrected chi connectivity index (χ1v) is 6.43. The molecule has 0 bridgehead atoms. The second-order valence-corrected chi connectivity index (χ2v) is 4.90. The van der Waals surface area contributed by atoms with Crippen molar-refractivity contribution in [3.63, 3.8) is 0 Å². The number of rotatable bonds is 3. The summed E-state index contributed by atoms with van der Waals surface area (Å²) in [6, 6.07) is 15.3. The minimum Gasteiger partial charge on any atom is -0.457 e. The maximum atomic E-state index is 11.9. The molecule has 0 atom stereocenters. The molecule has 3 heteroatoms. The topological polar surface area (TPSA) is 26.3 Å². The van der Waals surface area contributed by atoms with Crippen molar-refractivity contribution in [2.45, 2.75) is 13.5 Å². The summed E-state index contributed by atoms with van der Waals surface area (Å²) < 4.78 is 6.04. The second-order valence-electron chi connectivity index (χ2n) is 4.05. The largest absolute Gasteiger partial charge is 0.457 e. The highest BCUT2D eigenvalue weighted by atomic mass is 79.9. The number of aryl methyl sites for hydroxylation is 1. The van der Waals surface area contributed by atoms with E-state index in [0.29, 0.717) is 12.2 Å². The summed E-state index contributed by atoms with van der Waals surface area (Å²) in [4.78, 5) is 11.9. The van der Waals surface area contributed by atoms with Crippen LogP contribution in [-0.2, 0) is 11.3 Å². The van der Waals surface area contributed by atoms with Crippen LogP contribution >= 0.6 is 15.9 Å². The highest BCUT2D eigenvalue weighted by Gasteiger charge is 2.11. The molecule has 0 fully saturated rings. The lowest BCUT2D eigenvalue weighted by Crippen LogP contribution is -2.06. The Morgan fingerprint density at radius 1 is 1.17 bits per heavy atom. The zero-order valence-electron chi connectivity index (χ0n) is 10.0. The molecule has 2 rings (SSSR count). The third kappa shape index (κ3) is 3.20. The van der Waals surface area contributed by atoms with Gasteiger partial charge in [-0.2, -0.15) is 0 Å². The third-order valence-corrected chi connectivity index (χ3v) is 3.25. The predicted molar refractivity (Wildman–Crippen MR) is 74.4 cm³/mol. The van der Waals surface area contributed by atoms with Crippen LogP contribution in [0.1, 0.15) is 21.5 Å². The standard InChI is InChI=1S/C15H13BrO2/c1-11-7-8-14(16)13(9-11)15(17)18-10-12-5-3-2-4-6-12/h2-9H,10H2,1H3. The fourth-order valence-electron chi connectivity index (χ4n) is 1.60. The van der Waals surface area contributed by atoms with E-state index in [1.807, 2.05) is 55.5 Å². The van der Waals surface area contributed by atoms with Crippen molar-refractivity contribution in [3.8, 4) is 0 Å². The third-order valence-electron chi connectivity index (χ3n) is 2.55. The van der Waals surface area contributed by atoms with Gasteiger partial charge in [-0.15, -0.1) is 0 Å². The van der Waals surface area contributed by atoms with E-state index in [9.17, 15) is 4.79 Å². The first-order chi connectivity index (χ1) is 8.66. The van der Waals surface area contributed by atoms with Gasteiger partial charge in [0.25, 0.3) is 0 Å². The number of halogens is 1. The van der Waals surface area contributed by atoms with Crippen molar-refractivity contribution in [3.05, 3.63) is 69.7 Å². The Kier molecular flexibility index (Phi) is 4.15. The molecule has 0 spiro atoms. The van der Waals surface area contributed by atoms with Crippen molar-refractivity contribution in [2.75, 3.05) is 0 Å². The highest BCUT2D eigenvalue weighted by Crippen LogP contribution is 2.19. The van der Waals surface area contributed by atoms with Gasteiger partial charge in [0, 0.05) is 4.47 Å². The van der Waals surface area contributed by atoms with Gasteiger partial charge < -0.3 is 4.74 Å². The van der Waals surface area contributed by atoms with Crippen LogP contribution in [0, 0.1) is 6.92 Å². The van der Waals surface area contributed by atoms with E-state index >= 15 is 0 Å². The Labute approximate surface area is 115 Å². The number of hydrogen-bond donors (Lipinski definition) is 0. The monoisotopic (exact) mass is 304 g/mol. The first-order valence-electron chi connectivity index (χ1n) is 5.64. The molecule has 92 valence electrons. The van der Waals surface area contributed by atoms with Crippen LogP contribution in [0.3, 0.4) is 0 Å². The Morgan fingerprint density at radius 3 is 2.61 bits per heavy atom. The number of hydrogen-bond acceptors (Lipinski definition) is 2. The van der Waals surface area contributed by atoms with Crippen molar-refractivity contribution >= 4 is 21.9 Å². The zero-order valence-corrected chi connectivity index (χ0v) is 11.6. The van der Waals surface area contributed by atoms with E-state index in [0.717, 1.165) is 15.6 Å². The quantitative estimate of drug-likeness (QED) is 0.798. The number of benzene rings is 2. The number of carbonyl (C=O) groups is 1. The van der Waals surface area contributed by atoms with E-state index < -0.39 is 0 Å². The van der Waals surface area contributed by atoms with Crippen LogP contribution in [0.2, 0.25) is 0 Å². The van der Waals surface area contributed by atoms with Gasteiger partial charge in [-0.1, -0.05) is 42.0 Å². The fraction of sp³-hybridized carbons (Fsp3) is 0.133. The molecule has 0 amide bonds. The molecule has 0 saturated carbocycles. The average molecular weight is 305 g/mol. The minimum absolute atomic E-state index is 0.292. The molecular weight excluding hydrogens is 292 g/mol. The smallest absolute Gasteiger partial charge is 0.339 e. The number of carbonyl (C=O) groups excluding carboxylic acids is 1. The number of ether oxygens (including phenoxy) is 1.